The normalized spacial score (nSPS) is 8.93. The standard InChI is InChI=1S/C10H14O2.C2H6/c1-3-12-10-8(2)5-4-6-9(10)7-11;1-2/h4-6,11H,3,7H2,1-2H3;1-2H3. The molecule has 2 heteroatoms. The van der Waals surface area contributed by atoms with E-state index >= 15 is 0 Å². The van der Waals surface area contributed by atoms with Crippen LogP contribution < -0.4 is 4.74 Å². The summed E-state index contributed by atoms with van der Waals surface area (Å²) in [5.41, 5.74) is 1.93. The topological polar surface area (TPSA) is 29.5 Å². The summed E-state index contributed by atoms with van der Waals surface area (Å²) in [7, 11) is 0. The summed E-state index contributed by atoms with van der Waals surface area (Å²) in [4.78, 5) is 0. The van der Waals surface area contributed by atoms with E-state index in [9.17, 15) is 0 Å². The van der Waals surface area contributed by atoms with E-state index in [2.05, 4.69) is 0 Å². The van der Waals surface area contributed by atoms with Crippen molar-refractivity contribution in [3.05, 3.63) is 29.3 Å². The van der Waals surface area contributed by atoms with Crippen LogP contribution in [0.15, 0.2) is 18.2 Å². The van der Waals surface area contributed by atoms with Crippen LogP contribution in [-0.4, -0.2) is 11.7 Å². The highest BCUT2D eigenvalue weighted by molar-refractivity contribution is 5.40. The number of para-hydroxylation sites is 1. The van der Waals surface area contributed by atoms with E-state index in [4.69, 9.17) is 9.84 Å². The smallest absolute Gasteiger partial charge is 0.127 e. The van der Waals surface area contributed by atoms with Crippen molar-refractivity contribution in [3.63, 3.8) is 0 Å². The quantitative estimate of drug-likeness (QED) is 0.805. The van der Waals surface area contributed by atoms with Crippen LogP contribution in [0.2, 0.25) is 0 Å². The van der Waals surface area contributed by atoms with Gasteiger partial charge >= 0.3 is 0 Å². The summed E-state index contributed by atoms with van der Waals surface area (Å²) in [5.74, 6) is 0.822. The van der Waals surface area contributed by atoms with Crippen molar-refractivity contribution in [3.8, 4) is 5.75 Å². The van der Waals surface area contributed by atoms with Crippen LogP contribution in [0, 0.1) is 6.92 Å². The number of ether oxygens (including phenoxy) is 1. The van der Waals surface area contributed by atoms with Crippen molar-refractivity contribution in [2.75, 3.05) is 6.61 Å². The third-order valence-electron chi connectivity index (χ3n) is 1.75. The van der Waals surface area contributed by atoms with Crippen LogP contribution in [0.4, 0.5) is 0 Å². The second-order valence-electron chi connectivity index (χ2n) is 2.65. The van der Waals surface area contributed by atoms with Crippen molar-refractivity contribution in [2.45, 2.75) is 34.3 Å². The van der Waals surface area contributed by atoms with E-state index in [1.165, 1.54) is 0 Å². The zero-order valence-corrected chi connectivity index (χ0v) is 9.50. The second-order valence-corrected chi connectivity index (χ2v) is 2.65. The maximum atomic E-state index is 8.99. The Labute approximate surface area is 86.5 Å². The van der Waals surface area contributed by atoms with Crippen LogP contribution in [-0.2, 0) is 6.61 Å². The first-order valence-electron chi connectivity index (χ1n) is 5.11. The third-order valence-corrected chi connectivity index (χ3v) is 1.75. The average molecular weight is 196 g/mol. The number of aliphatic hydroxyl groups excluding tert-OH is 1. The predicted octanol–water partition coefficient (Wildman–Crippen LogP) is 2.91. The van der Waals surface area contributed by atoms with Gasteiger partial charge in [0.1, 0.15) is 5.75 Å². The van der Waals surface area contributed by atoms with Gasteiger partial charge in [0, 0.05) is 5.56 Å². The number of hydrogen-bond donors (Lipinski definition) is 1. The molecule has 14 heavy (non-hydrogen) atoms. The minimum Gasteiger partial charge on any atom is -0.493 e. The van der Waals surface area contributed by atoms with Crippen LogP contribution in [0.5, 0.6) is 5.75 Å². The molecule has 1 aromatic rings. The lowest BCUT2D eigenvalue weighted by molar-refractivity contribution is 0.266. The molecule has 0 aliphatic heterocycles. The summed E-state index contributed by atoms with van der Waals surface area (Å²) in [5, 5.41) is 8.99. The van der Waals surface area contributed by atoms with Crippen molar-refractivity contribution < 1.29 is 9.84 Å². The maximum Gasteiger partial charge on any atom is 0.127 e. The van der Waals surface area contributed by atoms with Gasteiger partial charge in [0.05, 0.1) is 13.2 Å². The molecule has 1 aromatic carbocycles. The van der Waals surface area contributed by atoms with Crippen molar-refractivity contribution in [1.29, 1.82) is 0 Å². The average Bonchev–Trinajstić information content (AvgIpc) is 2.24. The van der Waals surface area contributed by atoms with E-state index in [0.29, 0.717) is 6.61 Å². The largest absolute Gasteiger partial charge is 0.493 e. The zero-order chi connectivity index (χ0) is 11.0. The molecule has 0 aliphatic carbocycles. The van der Waals surface area contributed by atoms with E-state index in [-0.39, 0.29) is 6.61 Å². The molecular weight excluding hydrogens is 176 g/mol. The Hall–Kier alpha value is -1.02. The highest BCUT2D eigenvalue weighted by Gasteiger charge is 2.03. The van der Waals surface area contributed by atoms with Gasteiger partial charge in [-0.1, -0.05) is 32.0 Å². The Balaban J connectivity index is 0.000000791. The summed E-state index contributed by atoms with van der Waals surface area (Å²) in [6.45, 7) is 8.59. The van der Waals surface area contributed by atoms with Crippen molar-refractivity contribution >= 4 is 0 Å². The number of hydrogen-bond acceptors (Lipinski definition) is 2. The lowest BCUT2D eigenvalue weighted by Crippen LogP contribution is -1.98. The van der Waals surface area contributed by atoms with Crippen molar-refractivity contribution in [2.24, 2.45) is 0 Å². The summed E-state index contributed by atoms with van der Waals surface area (Å²) < 4.78 is 5.40. The molecule has 0 atom stereocenters. The third kappa shape index (κ3) is 3.38. The van der Waals surface area contributed by atoms with Gasteiger partial charge in [-0.2, -0.15) is 0 Å². The van der Waals surface area contributed by atoms with Gasteiger partial charge in [0.25, 0.3) is 0 Å². The Morgan fingerprint density at radius 1 is 1.29 bits per heavy atom. The Kier molecular flexibility index (Phi) is 6.85. The van der Waals surface area contributed by atoms with E-state index in [0.717, 1.165) is 16.9 Å². The first-order chi connectivity index (χ1) is 6.79. The molecule has 0 radical (unpaired) electrons. The maximum absolute atomic E-state index is 8.99. The first-order valence-corrected chi connectivity index (χ1v) is 5.11. The molecule has 0 heterocycles. The van der Waals surface area contributed by atoms with Crippen LogP contribution in [0.3, 0.4) is 0 Å². The molecule has 0 aromatic heterocycles. The predicted molar refractivity (Wildman–Crippen MR) is 59.6 cm³/mol. The van der Waals surface area contributed by atoms with Crippen molar-refractivity contribution in [1.82, 2.24) is 0 Å². The molecule has 1 N–H and O–H groups in total. The number of benzene rings is 1. The Bertz CT molecular complexity index is 256. The van der Waals surface area contributed by atoms with Crippen LogP contribution in [0.1, 0.15) is 31.9 Å². The number of aliphatic hydroxyl groups is 1. The first kappa shape index (κ1) is 13.0. The highest BCUT2D eigenvalue weighted by atomic mass is 16.5. The molecule has 0 saturated carbocycles. The lowest BCUT2D eigenvalue weighted by atomic mass is 10.1. The molecule has 0 fully saturated rings. The Morgan fingerprint density at radius 2 is 1.93 bits per heavy atom. The minimum atomic E-state index is 0.0387. The fourth-order valence-electron chi connectivity index (χ4n) is 1.19. The van der Waals surface area contributed by atoms with Gasteiger partial charge in [-0.05, 0) is 19.4 Å². The monoisotopic (exact) mass is 196 g/mol. The lowest BCUT2D eigenvalue weighted by Gasteiger charge is -2.10. The molecule has 1 rings (SSSR count). The van der Waals surface area contributed by atoms with Crippen LogP contribution in [0.25, 0.3) is 0 Å². The molecule has 80 valence electrons. The minimum absolute atomic E-state index is 0.0387. The van der Waals surface area contributed by atoms with Gasteiger partial charge in [-0.3, -0.25) is 0 Å². The molecule has 0 saturated heterocycles. The van der Waals surface area contributed by atoms with Gasteiger partial charge in [0.15, 0.2) is 0 Å². The molecule has 0 unspecified atom stereocenters. The van der Waals surface area contributed by atoms with Gasteiger partial charge in [0.2, 0.25) is 0 Å². The molecule has 0 spiro atoms. The SMILES string of the molecule is CC.CCOc1c(C)cccc1CO. The number of aryl methyl sites for hydroxylation is 1. The fourth-order valence-corrected chi connectivity index (χ4v) is 1.19. The van der Waals surface area contributed by atoms with Gasteiger partial charge < -0.3 is 9.84 Å². The summed E-state index contributed by atoms with van der Waals surface area (Å²) in [6, 6.07) is 5.77. The molecule has 2 nitrogen and oxygen atoms in total. The van der Waals surface area contributed by atoms with E-state index in [1.807, 2.05) is 45.9 Å². The fraction of sp³-hybridized carbons (Fsp3) is 0.500. The van der Waals surface area contributed by atoms with Crippen LogP contribution >= 0.6 is 0 Å². The summed E-state index contributed by atoms with van der Waals surface area (Å²) >= 11 is 0. The molecule has 0 bridgehead atoms. The van der Waals surface area contributed by atoms with Gasteiger partial charge in [-0.25, -0.2) is 0 Å². The Morgan fingerprint density at radius 3 is 2.43 bits per heavy atom. The second kappa shape index (κ2) is 7.39. The van der Waals surface area contributed by atoms with E-state index < -0.39 is 0 Å². The van der Waals surface area contributed by atoms with Gasteiger partial charge in [-0.15, -0.1) is 0 Å². The highest BCUT2D eigenvalue weighted by Crippen LogP contribution is 2.22. The zero-order valence-electron chi connectivity index (χ0n) is 9.50. The van der Waals surface area contributed by atoms with E-state index in [1.54, 1.807) is 0 Å². The molecule has 0 amide bonds. The molecule has 0 aliphatic rings. The number of rotatable bonds is 3. The summed E-state index contributed by atoms with van der Waals surface area (Å²) in [6.07, 6.45) is 0. The molecular formula is C12H20O2.